The molecule has 0 fully saturated rings. The maximum atomic E-state index is 13.4. The third kappa shape index (κ3) is 3.67. The fourth-order valence-electron chi connectivity index (χ4n) is 4.09. The van der Waals surface area contributed by atoms with E-state index in [0.29, 0.717) is 49.4 Å². The van der Waals surface area contributed by atoms with E-state index in [2.05, 4.69) is 5.32 Å². The number of hydrogen-bond acceptors (Lipinski definition) is 6. The molecule has 1 aliphatic heterocycles. The molecule has 0 saturated carbocycles. The molecule has 174 valence electrons. The molecule has 0 radical (unpaired) electrons. The number of nitrogens with zero attached hydrogens (tertiary/aromatic N) is 3. The van der Waals surface area contributed by atoms with Gasteiger partial charge in [-0.15, -0.1) is 0 Å². The van der Waals surface area contributed by atoms with E-state index in [-0.39, 0.29) is 30.6 Å². The summed E-state index contributed by atoms with van der Waals surface area (Å²) in [5.41, 5.74) is 10.4. The van der Waals surface area contributed by atoms with Crippen molar-refractivity contribution in [3.05, 3.63) is 81.8 Å². The van der Waals surface area contributed by atoms with Gasteiger partial charge in [-0.3, -0.25) is 9.36 Å². The van der Waals surface area contributed by atoms with Crippen LogP contribution in [0.1, 0.15) is 15.9 Å². The van der Waals surface area contributed by atoms with Gasteiger partial charge in [-0.1, -0.05) is 41.4 Å². The lowest BCUT2D eigenvalue weighted by Gasteiger charge is -2.09. The second-order valence-electron chi connectivity index (χ2n) is 7.95. The number of rotatable bonds is 4. The normalized spacial score (nSPS) is 12.4. The Morgan fingerprint density at radius 1 is 0.971 bits per heavy atom. The molecular weight excluding hydrogens is 489 g/mol. The quantitative estimate of drug-likeness (QED) is 0.351. The van der Waals surface area contributed by atoms with Crippen molar-refractivity contribution in [3.8, 4) is 17.2 Å². The molecule has 3 aromatic carbocycles. The molecule has 1 aliphatic rings. The maximum absolute atomic E-state index is 13.4. The number of benzene rings is 3. The molecule has 3 heterocycles. The molecule has 0 spiro atoms. The summed E-state index contributed by atoms with van der Waals surface area (Å²) in [5, 5.41) is 3.69. The van der Waals surface area contributed by atoms with Crippen molar-refractivity contribution in [2.45, 2.75) is 6.54 Å². The van der Waals surface area contributed by atoms with Gasteiger partial charge in [-0.05, 0) is 48.0 Å². The number of anilines is 1. The molecule has 0 bridgehead atoms. The molecule has 3 N–H and O–H groups in total. The minimum Gasteiger partial charge on any atom is -0.454 e. The second kappa shape index (κ2) is 8.33. The van der Waals surface area contributed by atoms with Gasteiger partial charge in [0.25, 0.3) is 5.91 Å². The summed E-state index contributed by atoms with van der Waals surface area (Å²) in [7, 11) is 0. The third-order valence-corrected chi connectivity index (χ3v) is 6.52. The average molecular weight is 506 g/mol. The number of halogens is 2. The predicted octanol–water partition coefficient (Wildman–Crippen LogP) is 5.12. The number of fused-ring (bicyclic) bond motifs is 3. The van der Waals surface area contributed by atoms with Gasteiger partial charge in [0.1, 0.15) is 16.9 Å². The van der Waals surface area contributed by atoms with Gasteiger partial charge >= 0.3 is 0 Å². The van der Waals surface area contributed by atoms with Crippen LogP contribution in [0, 0.1) is 0 Å². The Kier molecular flexibility index (Phi) is 5.12. The van der Waals surface area contributed by atoms with Crippen LogP contribution >= 0.6 is 23.2 Å². The maximum Gasteiger partial charge on any atom is 0.257 e. The van der Waals surface area contributed by atoms with Gasteiger partial charge in [0.15, 0.2) is 17.1 Å². The molecule has 5 aromatic rings. The number of nitrogens with one attached hydrogen (secondary N) is 1. The average Bonchev–Trinajstić information content (AvgIpc) is 3.44. The van der Waals surface area contributed by atoms with E-state index >= 15 is 0 Å². The zero-order valence-corrected chi connectivity index (χ0v) is 19.6. The van der Waals surface area contributed by atoms with Crippen LogP contribution < -0.4 is 20.5 Å². The first-order valence-corrected chi connectivity index (χ1v) is 11.4. The molecule has 0 unspecified atom stereocenters. The van der Waals surface area contributed by atoms with Crippen LogP contribution in [-0.4, -0.2) is 27.2 Å². The number of nitrogens with two attached hydrogens (primary N) is 1. The van der Waals surface area contributed by atoms with Crippen molar-refractivity contribution in [3.63, 3.8) is 0 Å². The number of hydrogen-bond donors (Lipinski definition) is 2. The van der Waals surface area contributed by atoms with Gasteiger partial charge in [0.05, 0.1) is 26.8 Å². The molecule has 10 heteroatoms. The van der Waals surface area contributed by atoms with Crippen molar-refractivity contribution >= 4 is 57.1 Å². The highest BCUT2D eigenvalue weighted by molar-refractivity contribution is 6.42. The molecule has 35 heavy (non-hydrogen) atoms. The minimum absolute atomic E-state index is 0.183. The van der Waals surface area contributed by atoms with Crippen LogP contribution in [0.5, 0.6) is 11.5 Å². The van der Waals surface area contributed by atoms with Gasteiger partial charge in [0, 0.05) is 6.54 Å². The summed E-state index contributed by atoms with van der Waals surface area (Å²) >= 11 is 12.4. The molecule has 8 nitrogen and oxygen atoms in total. The topological polar surface area (TPSA) is 104 Å². The number of aromatic nitrogens is 3. The lowest BCUT2D eigenvalue weighted by molar-refractivity contribution is 0.0953. The largest absolute Gasteiger partial charge is 0.454 e. The predicted molar refractivity (Wildman–Crippen MR) is 135 cm³/mol. The third-order valence-electron chi connectivity index (χ3n) is 5.78. The summed E-state index contributed by atoms with van der Waals surface area (Å²) in [4.78, 5) is 22.9. The Morgan fingerprint density at radius 3 is 2.54 bits per heavy atom. The Labute approximate surface area is 209 Å². The highest BCUT2D eigenvalue weighted by Crippen LogP contribution is 2.34. The van der Waals surface area contributed by atoms with Crippen LogP contribution in [-0.2, 0) is 6.54 Å². The van der Waals surface area contributed by atoms with Crippen molar-refractivity contribution in [2.75, 3.05) is 12.5 Å². The van der Waals surface area contributed by atoms with Gasteiger partial charge < -0.3 is 20.5 Å². The van der Waals surface area contributed by atoms with Crippen molar-refractivity contribution in [1.29, 1.82) is 0 Å². The number of carbonyl (C=O) groups excluding carboxylic acids is 1. The second-order valence-corrected chi connectivity index (χ2v) is 8.76. The summed E-state index contributed by atoms with van der Waals surface area (Å²) in [6.45, 7) is 0.442. The summed E-state index contributed by atoms with van der Waals surface area (Å²) in [5.74, 6) is 1.13. The lowest BCUT2D eigenvalue weighted by atomic mass is 10.2. The van der Waals surface area contributed by atoms with E-state index in [1.807, 2.05) is 42.5 Å². The first kappa shape index (κ1) is 21.5. The molecule has 0 aliphatic carbocycles. The molecule has 6 rings (SSSR count). The Hall–Kier alpha value is -4.01. The number of ether oxygens (including phenoxy) is 2. The Morgan fingerprint density at radius 2 is 1.74 bits per heavy atom. The molecule has 1 amide bonds. The number of carbonyl (C=O) groups is 1. The minimum atomic E-state index is -0.381. The number of amides is 1. The lowest BCUT2D eigenvalue weighted by Crippen LogP contribution is -2.24. The zero-order chi connectivity index (χ0) is 24.1. The summed E-state index contributed by atoms with van der Waals surface area (Å²) in [6, 6.07) is 18.0. The smallest absolute Gasteiger partial charge is 0.257 e. The van der Waals surface area contributed by atoms with E-state index < -0.39 is 0 Å². The standard InChI is InChI=1S/C25H17Cl2N5O3/c26-15-7-6-14(10-16(15)27)32-23(28)21(22-24(32)31-18-4-2-1-3-17(18)30-22)25(33)29-11-13-5-8-19-20(9-13)35-12-34-19/h1-10H,11-12,28H2,(H,29,33). The van der Waals surface area contributed by atoms with Gasteiger partial charge in [0.2, 0.25) is 6.79 Å². The fourth-order valence-corrected chi connectivity index (χ4v) is 4.38. The SMILES string of the molecule is Nc1c(C(=O)NCc2ccc3c(c2)OCO3)c2nc3ccccc3nc2n1-c1ccc(Cl)c(Cl)c1. The van der Waals surface area contributed by atoms with E-state index in [4.69, 9.17) is 48.4 Å². The molecule has 2 aromatic heterocycles. The van der Waals surface area contributed by atoms with E-state index in [1.54, 1.807) is 22.8 Å². The number of para-hydroxylation sites is 2. The monoisotopic (exact) mass is 505 g/mol. The van der Waals surface area contributed by atoms with Crippen LogP contribution in [0.25, 0.3) is 27.9 Å². The van der Waals surface area contributed by atoms with Crippen LogP contribution in [0.3, 0.4) is 0 Å². The van der Waals surface area contributed by atoms with E-state index in [9.17, 15) is 4.79 Å². The van der Waals surface area contributed by atoms with E-state index in [0.717, 1.165) is 5.56 Å². The van der Waals surface area contributed by atoms with Crippen molar-refractivity contribution < 1.29 is 14.3 Å². The van der Waals surface area contributed by atoms with Crippen LogP contribution in [0.2, 0.25) is 10.0 Å². The van der Waals surface area contributed by atoms with Crippen molar-refractivity contribution in [1.82, 2.24) is 19.9 Å². The highest BCUT2D eigenvalue weighted by atomic mass is 35.5. The van der Waals surface area contributed by atoms with Crippen LogP contribution in [0.4, 0.5) is 5.82 Å². The van der Waals surface area contributed by atoms with E-state index in [1.165, 1.54) is 0 Å². The number of nitrogen functional groups attached to an aromatic ring is 1. The Bertz CT molecular complexity index is 1650. The van der Waals surface area contributed by atoms with Crippen molar-refractivity contribution in [2.24, 2.45) is 0 Å². The zero-order valence-electron chi connectivity index (χ0n) is 18.1. The highest BCUT2D eigenvalue weighted by Gasteiger charge is 2.25. The van der Waals surface area contributed by atoms with Gasteiger partial charge in [-0.25, -0.2) is 9.97 Å². The molecule has 0 atom stereocenters. The van der Waals surface area contributed by atoms with Crippen LogP contribution in [0.15, 0.2) is 60.7 Å². The fraction of sp³-hybridized carbons (Fsp3) is 0.0800. The first-order valence-electron chi connectivity index (χ1n) is 10.7. The Balaban J connectivity index is 1.45. The van der Waals surface area contributed by atoms with Gasteiger partial charge in [-0.2, -0.15) is 0 Å². The first-order chi connectivity index (χ1) is 17.0. The molecular formula is C25H17Cl2N5O3. The summed E-state index contributed by atoms with van der Waals surface area (Å²) in [6.07, 6.45) is 0. The summed E-state index contributed by atoms with van der Waals surface area (Å²) < 4.78 is 12.4. The molecule has 0 saturated heterocycles.